The van der Waals surface area contributed by atoms with Gasteiger partial charge in [-0.2, -0.15) is 0 Å². The van der Waals surface area contributed by atoms with E-state index in [-0.39, 0.29) is 30.3 Å². The van der Waals surface area contributed by atoms with Gasteiger partial charge in [0.05, 0.1) is 18.1 Å². The van der Waals surface area contributed by atoms with Crippen LogP contribution in [0.2, 0.25) is 0 Å². The van der Waals surface area contributed by atoms with Gasteiger partial charge in [-0.25, -0.2) is 0 Å². The fraction of sp³-hybridized carbons (Fsp3) is 0.571. The van der Waals surface area contributed by atoms with Crippen molar-refractivity contribution in [2.45, 2.75) is 58.4 Å². The Kier molecular flexibility index (Phi) is 6.63. The predicted octanol–water partition coefficient (Wildman–Crippen LogP) is 3.29. The molecular weight excluding hydrogens is 346 g/mol. The lowest BCUT2D eigenvalue weighted by Crippen LogP contribution is -2.44. The van der Waals surface area contributed by atoms with E-state index in [1.54, 1.807) is 24.3 Å². The molecule has 27 heavy (non-hydrogen) atoms. The zero-order valence-electron chi connectivity index (χ0n) is 16.6. The summed E-state index contributed by atoms with van der Waals surface area (Å²) in [5, 5.41) is 2.90. The number of nitrogens with one attached hydrogen (secondary N) is 1. The Balaban J connectivity index is 2.03. The van der Waals surface area contributed by atoms with Gasteiger partial charge in [-0.15, -0.1) is 0 Å². The summed E-state index contributed by atoms with van der Waals surface area (Å²) in [6, 6.07) is 6.82. The summed E-state index contributed by atoms with van der Waals surface area (Å²) >= 11 is 0. The number of amides is 1. The zero-order chi connectivity index (χ0) is 20.1. The van der Waals surface area contributed by atoms with Crippen molar-refractivity contribution in [2.24, 2.45) is 5.41 Å². The van der Waals surface area contributed by atoms with Gasteiger partial charge in [-0.1, -0.05) is 25.0 Å². The van der Waals surface area contributed by atoms with E-state index in [9.17, 15) is 14.4 Å². The molecule has 1 N–H and O–H groups in total. The second-order valence-electron chi connectivity index (χ2n) is 8.16. The van der Waals surface area contributed by atoms with Crippen molar-refractivity contribution >= 4 is 17.7 Å². The number of hydrogen-bond acceptors (Lipinski definition) is 5. The molecule has 1 aromatic carbocycles. The van der Waals surface area contributed by atoms with Crippen LogP contribution < -0.4 is 10.1 Å². The van der Waals surface area contributed by atoms with Gasteiger partial charge in [0.1, 0.15) is 5.75 Å². The molecule has 0 radical (unpaired) electrons. The zero-order valence-corrected chi connectivity index (χ0v) is 16.6. The van der Waals surface area contributed by atoms with Gasteiger partial charge in [-0.3, -0.25) is 14.4 Å². The Morgan fingerprint density at radius 2 is 1.74 bits per heavy atom. The summed E-state index contributed by atoms with van der Waals surface area (Å²) in [6.45, 7) is 5.34. The molecule has 1 aliphatic rings. The van der Waals surface area contributed by atoms with Crippen LogP contribution in [0.3, 0.4) is 0 Å². The molecule has 0 aliphatic heterocycles. The van der Waals surface area contributed by atoms with E-state index in [1.165, 1.54) is 7.11 Å². The van der Waals surface area contributed by atoms with E-state index in [4.69, 9.17) is 9.47 Å². The van der Waals surface area contributed by atoms with Crippen LogP contribution in [0, 0.1) is 5.41 Å². The standard InChI is InChI=1S/C21H29NO5/c1-20(2,3)22-18(24)13-21(11-7-8-12-21)19(25)27-14-16(23)15-9-5-6-10-17(15)26-4/h5-6,9-10H,7-8,11-14H2,1-4H3,(H,22,24). The third kappa shape index (κ3) is 5.55. The van der Waals surface area contributed by atoms with Gasteiger partial charge in [0.15, 0.2) is 6.61 Å². The van der Waals surface area contributed by atoms with Crippen LogP contribution in [0.5, 0.6) is 5.75 Å². The molecule has 0 bridgehead atoms. The van der Waals surface area contributed by atoms with Crippen LogP contribution in [0.15, 0.2) is 24.3 Å². The Morgan fingerprint density at radius 3 is 2.33 bits per heavy atom. The van der Waals surface area contributed by atoms with E-state index in [1.807, 2.05) is 20.8 Å². The van der Waals surface area contributed by atoms with Gasteiger partial charge >= 0.3 is 5.97 Å². The summed E-state index contributed by atoms with van der Waals surface area (Å²) in [4.78, 5) is 37.6. The van der Waals surface area contributed by atoms with Crippen LogP contribution >= 0.6 is 0 Å². The summed E-state index contributed by atoms with van der Waals surface area (Å²) in [6.07, 6.45) is 3.04. The lowest BCUT2D eigenvalue weighted by molar-refractivity contribution is -0.157. The highest BCUT2D eigenvalue weighted by atomic mass is 16.5. The molecule has 1 aliphatic carbocycles. The van der Waals surface area contributed by atoms with Crippen LogP contribution in [0.1, 0.15) is 63.2 Å². The summed E-state index contributed by atoms with van der Waals surface area (Å²) in [5.41, 5.74) is -0.824. The molecule has 0 atom stereocenters. The highest BCUT2D eigenvalue weighted by Crippen LogP contribution is 2.42. The van der Waals surface area contributed by atoms with Crippen molar-refractivity contribution in [2.75, 3.05) is 13.7 Å². The summed E-state index contributed by atoms with van der Waals surface area (Å²) in [7, 11) is 1.49. The molecule has 0 unspecified atom stereocenters. The molecular formula is C21H29NO5. The van der Waals surface area contributed by atoms with Crippen molar-refractivity contribution < 1.29 is 23.9 Å². The van der Waals surface area contributed by atoms with Crippen molar-refractivity contribution in [3.63, 3.8) is 0 Å². The maximum Gasteiger partial charge on any atom is 0.313 e. The van der Waals surface area contributed by atoms with Gasteiger partial charge in [0.25, 0.3) is 0 Å². The number of ketones is 1. The minimum absolute atomic E-state index is 0.0892. The highest BCUT2D eigenvalue weighted by molar-refractivity contribution is 6.00. The summed E-state index contributed by atoms with van der Waals surface area (Å²) < 4.78 is 10.5. The monoisotopic (exact) mass is 375 g/mol. The topological polar surface area (TPSA) is 81.7 Å². The third-order valence-corrected chi connectivity index (χ3v) is 4.75. The maximum absolute atomic E-state index is 12.8. The molecule has 148 valence electrons. The number of ether oxygens (including phenoxy) is 2. The minimum Gasteiger partial charge on any atom is -0.496 e. The van der Waals surface area contributed by atoms with E-state index in [2.05, 4.69) is 5.32 Å². The van der Waals surface area contributed by atoms with Crippen LogP contribution in [0.4, 0.5) is 0 Å². The first-order chi connectivity index (χ1) is 12.7. The van der Waals surface area contributed by atoms with E-state index < -0.39 is 11.4 Å². The van der Waals surface area contributed by atoms with Crippen LogP contribution in [-0.2, 0) is 14.3 Å². The first-order valence-corrected chi connectivity index (χ1v) is 9.31. The molecule has 0 heterocycles. The molecule has 0 aromatic heterocycles. The second-order valence-corrected chi connectivity index (χ2v) is 8.16. The normalized spacial score (nSPS) is 15.9. The minimum atomic E-state index is -0.837. The molecule has 0 spiro atoms. The molecule has 1 fully saturated rings. The molecule has 0 saturated heterocycles. The third-order valence-electron chi connectivity index (χ3n) is 4.75. The van der Waals surface area contributed by atoms with Gasteiger partial charge < -0.3 is 14.8 Å². The molecule has 1 amide bonds. The van der Waals surface area contributed by atoms with E-state index >= 15 is 0 Å². The molecule has 1 saturated carbocycles. The molecule has 2 rings (SSSR count). The van der Waals surface area contributed by atoms with Crippen molar-refractivity contribution in [1.82, 2.24) is 5.32 Å². The number of methoxy groups -OCH3 is 1. The average molecular weight is 375 g/mol. The largest absolute Gasteiger partial charge is 0.496 e. The average Bonchev–Trinajstić information content (AvgIpc) is 3.07. The molecule has 1 aromatic rings. The van der Waals surface area contributed by atoms with Gasteiger partial charge in [0.2, 0.25) is 11.7 Å². The number of rotatable bonds is 7. The molecule has 6 nitrogen and oxygen atoms in total. The van der Waals surface area contributed by atoms with Crippen molar-refractivity contribution in [3.8, 4) is 5.75 Å². The Hall–Kier alpha value is -2.37. The fourth-order valence-electron chi connectivity index (χ4n) is 3.51. The number of esters is 1. The Morgan fingerprint density at radius 1 is 1.11 bits per heavy atom. The lowest BCUT2D eigenvalue weighted by Gasteiger charge is -2.28. The first-order valence-electron chi connectivity index (χ1n) is 9.31. The number of carbonyl (C=O) groups is 3. The van der Waals surface area contributed by atoms with E-state index in [0.717, 1.165) is 12.8 Å². The number of carbonyl (C=O) groups excluding carboxylic acids is 3. The van der Waals surface area contributed by atoms with Crippen LogP contribution in [0.25, 0.3) is 0 Å². The molecule has 6 heteroatoms. The number of benzene rings is 1. The number of Topliss-reactive ketones (excluding diaryl/α,β-unsaturated/α-hetero) is 1. The smallest absolute Gasteiger partial charge is 0.313 e. The highest BCUT2D eigenvalue weighted by Gasteiger charge is 2.44. The second kappa shape index (κ2) is 8.55. The SMILES string of the molecule is COc1ccccc1C(=O)COC(=O)C1(CC(=O)NC(C)(C)C)CCCC1. The quantitative estimate of drug-likeness (QED) is 0.584. The van der Waals surface area contributed by atoms with Gasteiger partial charge in [-0.05, 0) is 45.7 Å². The Labute approximate surface area is 160 Å². The predicted molar refractivity (Wildman–Crippen MR) is 102 cm³/mol. The number of para-hydroxylation sites is 1. The number of hydrogen-bond donors (Lipinski definition) is 1. The summed E-state index contributed by atoms with van der Waals surface area (Å²) in [5.74, 6) is -0.517. The fourth-order valence-corrected chi connectivity index (χ4v) is 3.51. The van der Waals surface area contributed by atoms with Crippen molar-refractivity contribution in [3.05, 3.63) is 29.8 Å². The lowest BCUT2D eigenvalue weighted by atomic mass is 9.82. The van der Waals surface area contributed by atoms with E-state index in [0.29, 0.717) is 24.2 Å². The van der Waals surface area contributed by atoms with Crippen LogP contribution in [-0.4, -0.2) is 36.9 Å². The maximum atomic E-state index is 12.8. The Bertz CT molecular complexity index is 699. The van der Waals surface area contributed by atoms with Crippen molar-refractivity contribution in [1.29, 1.82) is 0 Å². The first kappa shape index (κ1) is 20.9. The van der Waals surface area contributed by atoms with Gasteiger partial charge in [0, 0.05) is 12.0 Å².